The third-order valence-electron chi connectivity index (χ3n) is 5.99. The number of nitrogens with one attached hydrogen (secondary N) is 2. The molecule has 0 saturated heterocycles. The molecular formula is C31H36N4O2. The molecule has 0 unspecified atom stereocenters. The van der Waals surface area contributed by atoms with Crippen molar-refractivity contribution in [3.8, 4) is 11.5 Å². The Morgan fingerprint density at radius 1 is 0.865 bits per heavy atom. The Morgan fingerprint density at radius 3 is 1.89 bits per heavy atom. The van der Waals surface area contributed by atoms with Gasteiger partial charge in [0.1, 0.15) is 0 Å². The second-order valence-corrected chi connectivity index (χ2v) is 10.9. The van der Waals surface area contributed by atoms with Crippen molar-refractivity contribution in [1.82, 2.24) is 10.2 Å². The highest BCUT2D eigenvalue weighted by atomic mass is 16.5. The maximum atomic E-state index is 8.41. The van der Waals surface area contributed by atoms with Crippen LogP contribution >= 0.6 is 0 Å². The van der Waals surface area contributed by atoms with E-state index in [1.165, 1.54) is 11.6 Å². The lowest BCUT2D eigenvalue weighted by Crippen LogP contribution is -2.15. The number of aromatic nitrogens is 2. The summed E-state index contributed by atoms with van der Waals surface area (Å²) in [5.41, 5.74) is 4.88. The number of rotatable bonds is 6. The van der Waals surface area contributed by atoms with E-state index >= 15 is 0 Å². The smallest absolute Gasteiger partial charge is 0.248 e. The minimum absolute atomic E-state index is 0.0143. The number of nitrogens with zero attached hydrogens (tertiary/aromatic N) is 2. The van der Waals surface area contributed by atoms with Gasteiger partial charge in [-0.25, -0.2) is 0 Å². The van der Waals surface area contributed by atoms with Gasteiger partial charge in [0.05, 0.1) is 0 Å². The Bertz CT molecular complexity index is 1340. The van der Waals surface area contributed by atoms with Gasteiger partial charge in [0.15, 0.2) is 0 Å². The minimum Gasteiger partial charge on any atom is -0.421 e. The van der Waals surface area contributed by atoms with Gasteiger partial charge in [0, 0.05) is 22.3 Å². The van der Waals surface area contributed by atoms with E-state index in [1.54, 1.807) is 6.08 Å². The van der Waals surface area contributed by atoms with Crippen molar-refractivity contribution < 1.29 is 9.15 Å². The van der Waals surface area contributed by atoms with Crippen LogP contribution in [0, 0.1) is 10.8 Å². The molecule has 2 N–H and O–H groups in total. The monoisotopic (exact) mass is 496 g/mol. The van der Waals surface area contributed by atoms with Crippen molar-refractivity contribution in [1.29, 1.82) is 10.8 Å². The summed E-state index contributed by atoms with van der Waals surface area (Å²) in [5.74, 6) is 0.420. The van der Waals surface area contributed by atoms with Crippen LogP contribution in [0.3, 0.4) is 0 Å². The predicted octanol–water partition coefficient (Wildman–Crippen LogP) is 7.87. The summed E-state index contributed by atoms with van der Waals surface area (Å²) in [5, 5.41) is 25.1. The van der Waals surface area contributed by atoms with Crippen LogP contribution in [-0.2, 0) is 15.6 Å². The van der Waals surface area contributed by atoms with E-state index in [1.807, 2.05) is 49.4 Å². The zero-order valence-electron chi connectivity index (χ0n) is 22.8. The summed E-state index contributed by atoms with van der Waals surface area (Å²) in [6.07, 6.45) is 5.00. The minimum atomic E-state index is -0.197. The van der Waals surface area contributed by atoms with Gasteiger partial charge in [-0.05, 0) is 59.2 Å². The number of allylic oxidation sites excluding steroid dienone is 3. The molecule has 0 aliphatic carbocycles. The molecule has 2 aromatic carbocycles. The summed E-state index contributed by atoms with van der Waals surface area (Å²) < 4.78 is 11.5. The molecule has 192 valence electrons. The van der Waals surface area contributed by atoms with Crippen molar-refractivity contribution in [2.75, 3.05) is 0 Å². The van der Waals surface area contributed by atoms with Crippen molar-refractivity contribution in [2.45, 2.75) is 59.3 Å². The summed E-state index contributed by atoms with van der Waals surface area (Å²) in [7, 11) is 0. The Labute approximate surface area is 219 Å². The first-order chi connectivity index (χ1) is 17.3. The molecule has 1 aromatic heterocycles. The Hall–Kier alpha value is -4.06. The summed E-state index contributed by atoms with van der Waals surface area (Å²) in [4.78, 5) is 0. The van der Waals surface area contributed by atoms with Crippen LogP contribution in [0.2, 0.25) is 0 Å². The number of ether oxygens (including phenoxy) is 1. The van der Waals surface area contributed by atoms with E-state index in [0.717, 1.165) is 11.1 Å². The fourth-order valence-electron chi connectivity index (χ4n) is 3.56. The van der Waals surface area contributed by atoms with Crippen LogP contribution in [0.1, 0.15) is 71.0 Å². The molecule has 0 atom stereocenters. The molecule has 6 nitrogen and oxygen atoms in total. The molecule has 0 saturated carbocycles. The predicted molar refractivity (Wildman–Crippen MR) is 151 cm³/mol. The maximum Gasteiger partial charge on any atom is 0.248 e. The van der Waals surface area contributed by atoms with Crippen molar-refractivity contribution >= 4 is 17.4 Å². The third kappa shape index (κ3) is 6.79. The first-order valence-electron chi connectivity index (χ1n) is 12.2. The van der Waals surface area contributed by atoms with E-state index in [-0.39, 0.29) is 22.6 Å². The van der Waals surface area contributed by atoms with Crippen molar-refractivity contribution in [2.24, 2.45) is 0 Å². The van der Waals surface area contributed by atoms with Crippen LogP contribution < -0.4 is 0 Å². The molecule has 37 heavy (non-hydrogen) atoms. The second kappa shape index (κ2) is 10.9. The number of hydrogen-bond donors (Lipinski definition) is 2. The quantitative estimate of drug-likeness (QED) is 0.206. The molecule has 3 aromatic rings. The van der Waals surface area contributed by atoms with E-state index in [4.69, 9.17) is 20.0 Å². The highest BCUT2D eigenvalue weighted by Crippen LogP contribution is 2.27. The van der Waals surface area contributed by atoms with Crippen LogP contribution in [-0.4, -0.2) is 22.0 Å². The van der Waals surface area contributed by atoms with E-state index in [9.17, 15) is 0 Å². The number of hydrogen-bond acceptors (Lipinski definition) is 6. The van der Waals surface area contributed by atoms with Gasteiger partial charge in [-0.1, -0.05) is 84.5 Å². The lowest BCUT2D eigenvalue weighted by atomic mass is 9.87. The fraction of sp³-hybridized carbons (Fsp3) is 0.290. The Balaban J connectivity index is 1.76. The summed E-state index contributed by atoms with van der Waals surface area (Å²) in [6, 6.07) is 15.7. The molecule has 0 radical (unpaired) electrons. The van der Waals surface area contributed by atoms with E-state index in [0.29, 0.717) is 28.5 Å². The van der Waals surface area contributed by atoms with Crippen LogP contribution in [0.25, 0.3) is 17.0 Å². The first kappa shape index (κ1) is 27.5. The van der Waals surface area contributed by atoms with Crippen molar-refractivity contribution in [3.63, 3.8) is 0 Å². The van der Waals surface area contributed by atoms with Crippen LogP contribution in [0.5, 0.6) is 0 Å². The molecule has 0 bridgehead atoms. The van der Waals surface area contributed by atoms with Crippen LogP contribution in [0.15, 0.2) is 83.3 Å². The van der Waals surface area contributed by atoms with Gasteiger partial charge in [-0.2, -0.15) is 0 Å². The molecular weight excluding hydrogens is 460 g/mol. The van der Waals surface area contributed by atoms with Gasteiger partial charge >= 0.3 is 0 Å². The van der Waals surface area contributed by atoms with Gasteiger partial charge in [0.2, 0.25) is 23.6 Å². The Kier molecular flexibility index (Phi) is 8.12. The topological polar surface area (TPSA) is 95.8 Å². The molecule has 0 amide bonds. The molecule has 3 rings (SSSR count). The Morgan fingerprint density at radius 2 is 1.41 bits per heavy atom. The summed E-state index contributed by atoms with van der Waals surface area (Å²) >= 11 is 0. The maximum absolute atomic E-state index is 8.41. The van der Waals surface area contributed by atoms with Crippen molar-refractivity contribution in [3.05, 3.63) is 101 Å². The lowest BCUT2D eigenvalue weighted by molar-refractivity contribution is 0.537. The zero-order valence-corrected chi connectivity index (χ0v) is 22.8. The zero-order chi connectivity index (χ0) is 27.4. The average Bonchev–Trinajstić information content (AvgIpc) is 3.34. The largest absolute Gasteiger partial charge is 0.421 e. The highest BCUT2D eigenvalue weighted by molar-refractivity contribution is 6.06. The summed E-state index contributed by atoms with van der Waals surface area (Å²) in [6.45, 7) is 18.6. The van der Waals surface area contributed by atoms with E-state index in [2.05, 4.69) is 70.5 Å². The highest BCUT2D eigenvalue weighted by Gasteiger charge is 2.18. The van der Waals surface area contributed by atoms with Gasteiger partial charge in [-0.15, -0.1) is 10.2 Å². The number of benzene rings is 2. The van der Waals surface area contributed by atoms with Gasteiger partial charge in [-0.3, -0.25) is 10.8 Å². The molecule has 6 heteroatoms. The average molecular weight is 497 g/mol. The van der Waals surface area contributed by atoms with Gasteiger partial charge in [0.25, 0.3) is 0 Å². The third-order valence-corrected chi connectivity index (χ3v) is 5.99. The molecule has 0 aliphatic rings. The molecule has 0 fully saturated rings. The molecule has 0 spiro atoms. The SMILES string of the molecule is C=C/C(=C\C(=C/C)c1nnc(-c2ccc(C(C)(C)C)cc2)o1)C(=N)OC(=N)c1ccc(C(C)(C)C)cc1. The van der Waals surface area contributed by atoms with Crippen LogP contribution in [0.4, 0.5) is 0 Å². The standard InChI is InChI=1S/C31H36N4O2/c1-9-20(26(32)36-27(33)22-11-15-24(16-12-22)30(3,4)5)19-21(10-2)28-34-35-29(37-28)23-13-17-25(18-14-23)31(6,7)8/h9-19,32-33H,1H2,2-8H3/b20-19+,21-10+,32-26?,33-27?. The van der Waals surface area contributed by atoms with Gasteiger partial charge < -0.3 is 9.15 Å². The van der Waals surface area contributed by atoms with E-state index < -0.39 is 0 Å². The first-order valence-corrected chi connectivity index (χ1v) is 12.2. The molecule has 1 heterocycles. The second-order valence-electron chi connectivity index (χ2n) is 10.9. The molecule has 0 aliphatic heterocycles. The fourth-order valence-corrected chi connectivity index (χ4v) is 3.56. The lowest BCUT2D eigenvalue weighted by Gasteiger charge is -2.19. The normalized spacial score (nSPS) is 12.8.